The van der Waals surface area contributed by atoms with Gasteiger partial charge >= 0.3 is 0 Å². The molecule has 0 unspecified atom stereocenters. The second kappa shape index (κ2) is 13.8. The maximum atomic E-state index is 11.3. The summed E-state index contributed by atoms with van der Waals surface area (Å²) in [5.41, 5.74) is 6.81. The fraction of sp³-hybridized carbons (Fsp3) is 0.600. The number of amides is 1. The number of hydrogen-bond acceptors (Lipinski definition) is 3. The molecule has 0 aliphatic carbocycles. The van der Waals surface area contributed by atoms with Gasteiger partial charge in [-0.1, -0.05) is 12.1 Å². The number of nitrogens with two attached hydrogens (primary N) is 1. The summed E-state index contributed by atoms with van der Waals surface area (Å²) < 4.78 is 0. The predicted molar refractivity (Wildman–Crippen MR) is 125 cm³/mol. The number of benzene rings is 1. The third kappa shape index (κ3) is 9.95. The van der Waals surface area contributed by atoms with E-state index in [2.05, 4.69) is 48.2 Å². The minimum absolute atomic E-state index is 0. The summed E-state index contributed by atoms with van der Waals surface area (Å²) in [7, 11) is 0. The summed E-state index contributed by atoms with van der Waals surface area (Å²) in [5, 5.41) is 6.64. The Kier molecular flexibility index (Phi) is 13.1. The second-order valence-corrected chi connectivity index (χ2v) is 6.97. The Morgan fingerprint density at radius 1 is 1.19 bits per heavy atom. The first-order valence-electron chi connectivity index (χ1n) is 9.51. The number of nitrogens with zero attached hydrogens (tertiary/aromatic N) is 2. The number of hydrogen-bond donors (Lipinski definition) is 3. The van der Waals surface area contributed by atoms with Gasteiger partial charge in [-0.2, -0.15) is 0 Å². The van der Waals surface area contributed by atoms with Crippen molar-refractivity contribution in [3.8, 4) is 0 Å². The van der Waals surface area contributed by atoms with Gasteiger partial charge in [0.05, 0.1) is 6.54 Å². The van der Waals surface area contributed by atoms with E-state index in [4.69, 9.17) is 5.73 Å². The Labute approximate surface area is 181 Å². The summed E-state index contributed by atoms with van der Waals surface area (Å²) in [6.45, 7) is 14.2. The molecule has 0 fully saturated rings. The Morgan fingerprint density at radius 2 is 1.85 bits per heavy atom. The molecular weight excluding hydrogens is 453 g/mol. The highest BCUT2D eigenvalue weighted by Gasteiger charge is 2.12. The molecule has 27 heavy (non-hydrogen) atoms. The van der Waals surface area contributed by atoms with Crippen molar-refractivity contribution in [2.45, 2.75) is 59.7 Å². The van der Waals surface area contributed by atoms with Crippen LogP contribution in [0.2, 0.25) is 0 Å². The molecule has 1 amide bonds. The van der Waals surface area contributed by atoms with Crippen LogP contribution in [0.1, 0.15) is 57.0 Å². The van der Waals surface area contributed by atoms with Crippen molar-refractivity contribution in [1.82, 2.24) is 15.5 Å². The number of halogens is 1. The fourth-order valence-corrected chi connectivity index (χ4v) is 2.92. The zero-order chi connectivity index (χ0) is 19.5. The molecule has 0 heterocycles. The molecular formula is C20H36IN5O. The van der Waals surface area contributed by atoms with Gasteiger partial charge in [0.25, 0.3) is 0 Å². The van der Waals surface area contributed by atoms with Crippen LogP contribution in [0.3, 0.4) is 0 Å². The molecule has 0 atom stereocenters. The van der Waals surface area contributed by atoms with Crippen LogP contribution in [0.25, 0.3) is 0 Å². The van der Waals surface area contributed by atoms with Crippen molar-refractivity contribution in [2.75, 3.05) is 19.6 Å². The first-order chi connectivity index (χ1) is 12.3. The van der Waals surface area contributed by atoms with Gasteiger partial charge < -0.3 is 16.4 Å². The number of carbonyl (C=O) groups is 1. The largest absolute Gasteiger partial charge is 0.366 e. The van der Waals surface area contributed by atoms with Crippen LogP contribution in [-0.2, 0) is 6.54 Å². The number of rotatable bonds is 10. The lowest BCUT2D eigenvalue weighted by molar-refractivity contribution is 0.1000. The molecule has 7 heteroatoms. The molecule has 154 valence electrons. The van der Waals surface area contributed by atoms with E-state index in [9.17, 15) is 4.79 Å². The average molecular weight is 489 g/mol. The average Bonchev–Trinajstić information content (AvgIpc) is 2.58. The molecule has 1 aromatic rings. The number of guanidine groups is 1. The van der Waals surface area contributed by atoms with Crippen LogP contribution in [0.5, 0.6) is 0 Å². The zero-order valence-corrected chi connectivity index (χ0v) is 19.6. The highest BCUT2D eigenvalue weighted by Crippen LogP contribution is 2.07. The van der Waals surface area contributed by atoms with Crippen molar-refractivity contribution < 1.29 is 4.79 Å². The van der Waals surface area contributed by atoms with Gasteiger partial charge in [0, 0.05) is 37.3 Å². The molecule has 4 N–H and O–H groups in total. The molecule has 0 saturated heterocycles. The Hall–Kier alpha value is -1.35. The number of carbonyl (C=O) groups excluding carboxylic acids is 1. The van der Waals surface area contributed by atoms with Gasteiger partial charge in [0.1, 0.15) is 0 Å². The lowest BCUT2D eigenvalue weighted by atomic mass is 10.1. The molecule has 0 saturated carbocycles. The SMILES string of the molecule is CCNC(=NCc1cccc(C(N)=O)c1)NCCCN(C(C)C)C(C)C.I. The van der Waals surface area contributed by atoms with Gasteiger partial charge in [-0.3, -0.25) is 9.69 Å². The van der Waals surface area contributed by atoms with Crippen LogP contribution < -0.4 is 16.4 Å². The van der Waals surface area contributed by atoms with E-state index in [1.807, 2.05) is 19.1 Å². The van der Waals surface area contributed by atoms with Gasteiger partial charge in [0.15, 0.2) is 5.96 Å². The van der Waals surface area contributed by atoms with Gasteiger partial charge in [-0.15, -0.1) is 24.0 Å². The Balaban J connectivity index is 0.00000676. The topological polar surface area (TPSA) is 82.7 Å². The maximum Gasteiger partial charge on any atom is 0.248 e. The first-order valence-corrected chi connectivity index (χ1v) is 9.51. The van der Waals surface area contributed by atoms with Crippen LogP contribution in [0, 0.1) is 0 Å². The maximum absolute atomic E-state index is 11.3. The first kappa shape index (κ1) is 25.6. The van der Waals surface area contributed by atoms with Crippen molar-refractivity contribution >= 4 is 35.8 Å². The highest BCUT2D eigenvalue weighted by atomic mass is 127. The molecule has 1 rings (SSSR count). The van der Waals surface area contributed by atoms with Gasteiger partial charge in [0.2, 0.25) is 5.91 Å². The molecule has 0 aromatic heterocycles. The third-order valence-corrected chi connectivity index (χ3v) is 4.19. The summed E-state index contributed by atoms with van der Waals surface area (Å²) in [4.78, 5) is 18.4. The normalized spacial score (nSPS) is 11.6. The summed E-state index contributed by atoms with van der Waals surface area (Å²) >= 11 is 0. The van der Waals surface area contributed by atoms with Gasteiger partial charge in [-0.25, -0.2) is 4.99 Å². The van der Waals surface area contributed by atoms with Crippen LogP contribution in [-0.4, -0.2) is 48.5 Å². The number of nitrogens with one attached hydrogen (secondary N) is 2. The molecule has 0 spiro atoms. The minimum atomic E-state index is -0.416. The lowest BCUT2D eigenvalue weighted by Gasteiger charge is -2.30. The van der Waals surface area contributed by atoms with Crippen molar-refractivity contribution in [1.29, 1.82) is 0 Å². The Bertz CT molecular complexity index is 581. The van der Waals surface area contributed by atoms with E-state index in [1.54, 1.807) is 12.1 Å². The molecule has 1 aromatic carbocycles. The molecule has 0 bridgehead atoms. The van der Waals surface area contributed by atoms with Crippen LogP contribution >= 0.6 is 24.0 Å². The van der Waals surface area contributed by atoms with E-state index in [0.29, 0.717) is 24.2 Å². The molecule has 0 aliphatic rings. The Morgan fingerprint density at radius 3 is 2.41 bits per heavy atom. The van der Waals surface area contributed by atoms with E-state index in [-0.39, 0.29) is 24.0 Å². The van der Waals surface area contributed by atoms with Crippen LogP contribution in [0.15, 0.2) is 29.3 Å². The van der Waals surface area contributed by atoms with E-state index >= 15 is 0 Å². The molecule has 6 nitrogen and oxygen atoms in total. The highest BCUT2D eigenvalue weighted by molar-refractivity contribution is 14.0. The molecule has 0 radical (unpaired) electrons. The van der Waals surface area contributed by atoms with Crippen molar-refractivity contribution in [2.24, 2.45) is 10.7 Å². The van der Waals surface area contributed by atoms with Crippen LogP contribution in [0.4, 0.5) is 0 Å². The quantitative estimate of drug-likeness (QED) is 0.204. The summed E-state index contributed by atoms with van der Waals surface area (Å²) in [6, 6.07) is 8.39. The predicted octanol–water partition coefficient (Wildman–Crippen LogP) is 2.97. The van der Waals surface area contributed by atoms with Crippen molar-refractivity contribution in [3.63, 3.8) is 0 Å². The number of primary amides is 1. The number of aliphatic imine (C=N–C) groups is 1. The lowest BCUT2D eigenvalue weighted by Crippen LogP contribution is -2.41. The smallest absolute Gasteiger partial charge is 0.248 e. The second-order valence-electron chi connectivity index (χ2n) is 6.97. The van der Waals surface area contributed by atoms with E-state index < -0.39 is 5.91 Å². The van der Waals surface area contributed by atoms with E-state index in [0.717, 1.165) is 37.6 Å². The standard InChI is InChI=1S/C20H35N5O.HI/c1-6-22-20(23-11-8-12-25(15(2)3)16(4)5)24-14-17-9-7-10-18(13-17)19(21)26;/h7,9-10,13,15-16H,6,8,11-12,14H2,1-5H3,(H2,21,26)(H2,22,23,24);1H. The summed E-state index contributed by atoms with van der Waals surface area (Å²) in [6.07, 6.45) is 1.05. The minimum Gasteiger partial charge on any atom is -0.366 e. The van der Waals surface area contributed by atoms with E-state index in [1.165, 1.54) is 0 Å². The van der Waals surface area contributed by atoms with Crippen molar-refractivity contribution in [3.05, 3.63) is 35.4 Å². The fourth-order valence-electron chi connectivity index (χ4n) is 2.92. The zero-order valence-electron chi connectivity index (χ0n) is 17.3. The molecule has 0 aliphatic heterocycles. The third-order valence-electron chi connectivity index (χ3n) is 4.19. The summed E-state index contributed by atoms with van der Waals surface area (Å²) in [5.74, 6) is 0.373. The van der Waals surface area contributed by atoms with Gasteiger partial charge in [-0.05, 0) is 58.7 Å². The monoisotopic (exact) mass is 489 g/mol.